The maximum Gasteiger partial charge on any atom is 0.320 e. The minimum atomic E-state index is -1.03. The average molecular weight is 328 g/mol. The predicted octanol–water partition coefficient (Wildman–Crippen LogP) is 0.469. The van der Waals surface area contributed by atoms with Gasteiger partial charge >= 0.3 is 5.97 Å². The largest absolute Gasteiger partial charge is 0.486 e. The zero-order valence-electron chi connectivity index (χ0n) is 12.6. The molecule has 2 aromatic heterocycles. The van der Waals surface area contributed by atoms with E-state index in [2.05, 4.69) is 19.9 Å². The number of hydrogen-bond acceptors (Lipinski definition) is 7. The van der Waals surface area contributed by atoms with Crippen molar-refractivity contribution in [2.24, 2.45) is 5.73 Å². The van der Waals surface area contributed by atoms with Gasteiger partial charge in [0, 0.05) is 0 Å². The molecule has 0 aliphatic rings. The lowest BCUT2D eigenvalue weighted by molar-refractivity contribution is -0.138. The number of nitrogens with two attached hydrogens (primary N) is 2. The highest BCUT2D eigenvalue weighted by molar-refractivity contribution is 5.80. The lowest BCUT2D eigenvalue weighted by Crippen LogP contribution is -2.32. The summed E-state index contributed by atoms with van der Waals surface area (Å²) in [5.74, 6) is 0.309. The van der Waals surface area contributed by atoms with Crippen molar-refractivity contribution in [2.45, 2.75) is 19.1 Å². The van der Waals surface area contributed by atoms with Crippen LogP contribution >= 0.6 is 0 Å². The molecule has 0 aliphatic carbocycles. The van der Waals surface area contributed by atoms with Crippen molar-refractivity contribution in [1.29, 1.82) is 0 Å². The van der Waals surface area contributed by atoms with E-state index < -0.39 is 12.0 Å². The summed E-state index contributed by atoms with van der Waals surface area (Å²) >= 11 is 0. The van der Waals surface area contributed by atoms with E-state index in [1.165, 1.54) is 6.33 Å². The number of nitrogen functional groups attached to an aromatic ring is 1. The Labute approximate surface area is 136 Å². The Morgan fingerprint density at radius 1 is 1.29 bits per heavy atom. The van der Waals surface area contributed by atoms with Gasteiger partial charge in [0.2, 0.25) is 0 Å². The third-order valence-corrected chi connectivity index (χ3v) is 3.42. The van der Waals surface area contributed by atoms with Crippen LogP contribution in [0.25, 0.3) is 11.2 Å². The highest BCUT2D eigenvalue weighted by atomic mass is 16.5. The number of nitrogens with one attached hydrogen (secondary N) is 1. The first-order valence-corrected chi connectivity index (χ1v) is 7.18. The second kappa shape index (κ2) is 6.50. The molecule has 0 spiro atoms. The molecule has 6 N–H and O–H groups in total. The van der Waals surface area contributed by atoms with Crippen LogP contribution in [0.3, 0.4) is 0 Å². The van der Waals surface area contributed by atoms with Crippen LogP contribution in [0.5, 0.6) is 5.75 Å². The van der Waals surface area contributed by atoms with Gasteiger partial charge in [0.05, 0.1) is 6.33 Å². The van der Waals surface area contributed by atoms with Crippen LogP contribution in [-0.4, -0.2) is 37.1 Å². The highest BCUT2D eigenvalue weighted by Crippen LogP contribution is 2.16. The Bertz CT molecular complexity index is 861. The number of ether oxygens (including phenoxy) is 1. The van der Waals surface area contributed by atoms with Crippen molar-refractivity contribution in [3.05, 3.63) is 42.0 Å². The topological polar surface area (TPSA) is 153 Å². The molecule has 1 aromatic carbocycles. The summed E-state index contributed by atoms with van der Waals surface area (Å²) in [7, 11) is 0. The number of imidazole rings is 1. The monoisotopic (exact) mass is 328 g/mol. The Morgan fingerprint density at radius 2 is 2.04 bits per heavy atom. The molecule has 0 amide bonds. The third kappa shape index (κ3) is 3.41. The number of aliphatic carboxylic acids is 1. The summed E-state index contributed by atoms with van der Waals surface area (Å²) in [5, 5.41) is 8.81. The minimum absolute atomic E-state index is 0.140. The van der Waals surface area contributed by atoms with Crippen LogP contribution in [0, 0.1) is 0 Å². The normalized spacial score (nSPS) is 12.2. The van der Waals surface area contributed by atoms with E-state index in [9.17, 15) is 4.79 Å². The van der Waals surface area contributed by atoms with Gasteiger partial charge in [0.15, 0.2) is 17.3 Å². The molecule has 0 radical (unpaired) electrons. The lowest BCUT2D eigenvalue weighted by atomic mass is 10.1. The van der Waals surface area contributed by atoms with E-state index in [4.69, 9.17) is 21.3 Å². The van der Waals surface area contributed by atoms with Crippen molar-refractivity contribution in [1.82, 2.24) is 19.9 Å². The van der Waals surface area contributed by atoms with E-state index in [0.29, 0.717) is 28.6 Å². The van der Waals surface area contributed by atoms with Crippen molar-refractivity contribution < 1.29 is 14.6 Å². The number of nitrogens with zero attached hydrogens (tertiary/aromatic N) is 3. The molecule has 1 atom stereocenters. The number of H-pyrrole nitrogens is 1. The molecule has 2 heterocycles. The van der Waals surface area contributed by atoms with Gasteiger partial charge in [-0.05, 0) is 24.1 Å². The summed E-state index contributed by atoms with van der Waals surface area (Å²) in [4.78, 5) is 26.1. The Morgan fingerprint density at radius 3 is 2.75 bits per heavy atom. The van der Waals surface area contributed by atoms with Crippen molar-refractivity contribution >= 4 is 23.0 Å². The fourth-order valence-corrected chi connectivity index (χ4v) is 2.18. The van der Waals surface area contributed by atoms with E-state index in [1.807, 2.05) is 0 Å². The summed E-state index contributed by atoms with van der Waals surface area (Å²) < 4.78 is 5.61. The summed E-state index contributed by atoms with van der Waals surface area (Å²) in [6.07, 6.45) is 1.76. The fourth-order valence-electron chi connectivity index (χ4n) is 2.18. The summed E-state index contributed by atoms with van der Waals surface area (Å²) in [6.45, 7) is 0.140. The standard InChI is InChI=1S/C15H16N6O3/c16-10(15(22)23)5-8-1-3-9(4-2-8)24-6-11-20-13(17)12-14(21-11)19-7-18-12/h1-4,7,10H,5-6,16H2,(H,22,23)(H3,17,18,19,20,21). The molecule has 3 rings (SSSR count). The van der Waals surface area contributed by atoms with Gasteiger partial charge in [-0.2, -0.15) is 0 Å². The van der Waals surface area contributed by atoms with Gasteiger partial charge in [0.25, 0.3) is 0 Å². The zero-order valence-corrected chi connectivity index (χ0v) is 12.6. The van der Waals surface area contributed by atoms with Crippen LogP contribution in [0.4, 0.5) is 5.82 Å². The van der Waals surface area contributed by atoms with Crippen LogP contribution in [0.2, 0.25) is 0 Å². The second-order valence-electron chi connectivity index (χ2n) is 5.21. The summed E-state index contributed by atoms with van der Waals surface area (Å²) in [5.41, 5.74) is 13.2. The number of carbonyl (C=O) groups is 1. The SMILES string of the molecule is Nc1nc(COc2ccc(CC(N)C(=O)O)cc2)nc2nc[nH]c12. The first-order valence-electron chi connectivity index (χ1n) is 7.18. The van der Waals surface area contributed by atoms with Gasteiger partial charge in [0.1, 0.15) is 23.9 Å². The highest BCUT2D eigenvalue weighted by Gasteiger charge is 2.12. The van der Waals surface area contributed by atoms with Crippen LogP contribution in [0.15, 0.2) is 30.6 Å². The molecular formula is C15H16N6O3. The molecule has 9 nitrogen and oxygen atoms in total. The zero-order chi connectivity index (χ0) is 17.1. The molecule has 124 valence electrons. The molecule has 1 unspecified atom stereocenters. The Hall–Kier alpha value is -3.20. The predicted molar refractivity (Wildman–Crippen MR) is 86.2 cm³/mol. The maximum atomic E-state index is 10.7. The first-order chi connectivity index (χ1) is 11.5. The maximum absolute atomic E-state index is 10.7. The number of benzene rings is 1. The second-order valence-corrected chi connectivity index (χ2v) is 5.21. The minimum Gasteiger partial charge on any atom is -0.486 e. The quantitative estimate of drug-likeness (QED) is 0.509. The molecule has 3 aromatic rings. The van der Waals surface area contributed by atoms with Crippen LogP contribution in [-0.2, 0) is 17.8 Å². The number of rotatable bonds is 6. The van der Waals surface area contributed by atoms with Gasteiger partial charge in [-0.3, -0.25) is 4.79 Å². The fraction of sp³-hybridized carbons (Fsp3) is 0.200. The number of hydrogen-bond donors (Lipinski definition) is 4. The summed E-state index contributed by atoms with van der Waals surface area (Å²) in [6, 6.07) is 6.09. The van der Waals surface area contributed by atoms with Crippen LogP contribution < -0.4 is 16.2 Å². The van der Waals surface area contributed by atoms with E-state index >= 15 is 0 Å². The number of carboxylic acids is 1. The third-order valence-electron chi connectivity index (χ3n) is 3.42. The Kier molecular flexibility index (Phi) is 4.25. The van der Waals surface area contributed by atoms with Gasteiger partial charge in [-0.25, -0.2) is 15.0 Å². The van der Waals surface area contributed by atoms with Gasteiger partial charge in [-0.1, -0.05) is 12.1 Å². The van der Waals surface area contributed by atoms with Gasteiger partial charge in [-0.15, -0.1) is 0 Å². The van der Waals surface area contributed by atoms with Crippen LogP contribution in [0.1, 0.15) is 11.4 Å². The molecule has 0 saturated carbocycles. The molecule has 0 bridgehead atoms. The molecule has 0 saturated heterocycles. The van der Waals surface area contributed by atoms with E-state index in [0.717, 1.165) is 5.56 Å². The molecule has 24 heavy (non-hydrogen) atoms. The number of fused-ring (bicyclic) bond motifs is 1. The van der Waals surface area contributed by atoms with Crippen molar-refractivity contribution in [3.8, 4) is 5.75 Å². The molecular weight excluding hydrogens is 312 g/mol. The van der Waals surface area contributed by atoms with E-state index in [1.54, 1.807) is 24.3 Å². The first kappa shape index (κ1) is 15.7. The lowest BCUT2D eigenvalue weighted by Gasteiger charge is -2.09. The number of aromatic nitrogens is 4. The molecule has 0 fully saturated rings. The average Bonchev–Trinajstić information content (AvgIpc) is 3.03. The number of carboxylic acid groups (broad SMARTS) is 1. The number of anilines is 1. The smallest absolute Gasteiger partial charge is 0.320 e. The molecule has 0 aliphatic heterocycles. The number of aromatic amines is 1. The molecule has 9 heteroatoms. The Balaban J connectivity index is 1.64. The van der Waals surface area contributed by atoms with E-state index in [-0.39, 0.29) is 13.0 Å². The van der Waals surface area contributed by atoms with Gasteiger partial charge < -0.3 is 26.3 Å². The van der Waals surface area contributed by atoms with Crippen molar-refractivity contribution in [2.75, 3.05) is 5.73 Å². The van der Waals surface area contributed by atoms with Crippen molar-refractivity contribution in [3.63, 3.8) is 0 Å².